The van der Waals surface area contributed by atoms with E-state index in [1.807, 2.05) is 0 Å². The Morgan fingerprint density at radius 1 is 1.08 bits per heavy atom. The normalized spacial score (nSPS) is 14.1. The predicted molar refractivity (Wildman–Crippen MR) is 98.2 cm³/mol. The number of methoxy groups -OCH3 is 2. The van der Waals surface area contributed by atoms with Crippen molar-refractivity contribution < 1.29 is 14.3 Å². The van der Waals surface area contributed by atoms with Gasteiger partial charge in [0, 0.05) is 24.8 Å². The number of aromatic nitrogens is 2. The van der Waals surface area contributed by atoms with Crippen LogP contribution in [0.15, 0.2) is 18.2 Å². The minimum absolute atomic E-state index is 0.381. The molecule has 2 heterocycles. The number of piperidine rings is 1. The van der Waals surface area contributed by atoms with E-state index in [9.17, 15) is 4.79 Å². The number of hydrogen-bond donors (Lipinski definition) is 2. The highest BCUT2D eigenvalue weighted by atomic mass is 32.1. The number of urea groups is 1. The van der Waals surface area contributed by atoms with Gasteiger partial charge in [-0.3, -0.25) is 5.32 Å². The van der Waals surface area contributed by atoms with Crippen molar-refractivity contribution in [1.29, 1.82) is 0 Å². The molecule has 1 aliphatic heterocycles. The summed E-state index contributed by atoms with van der Waals surface area (Å²) in [6.45, 7) is 1.99. The van der Waals surface area contributed by atoms with E-state index in [1.165, 1.54) is 30.6 Å². The summed E-state index contributed by atoms with van der Waals surface area (Å²) in [7, 11) is 3.11. The van der Waals surface area contributed by atoms with Gasteiger partial charge in [-0.2, -0.15) is 0 Å². The molecule has 1 aromatic heterocycles. The Morgan fingerprint density at radius 2 is 1.84 bits per heavy atom. The van der Waals surface area contributed by atoms with Crippen LogP contribution >= 0.6 is 11.3 Å². The lowest BCUT2D eigenvalue weighted by Gasteiger charge is -2.25. The zero-order valence-electron chi connectivity index (χ0n) is 14.2. The summed E-state index contributed by atoms with van der Waals surface area (Å²) in [5.74, 6) is 1.15. The number of rotatable bonds is 5. The topological polar surface area (TPSA) is 88.6 Å². The Morgan fingerprint density at radius 3 is 2.56 bits per heavy atom. The molecule has 2 N–H and O–H groups in total. The number of nitrogens with one attached hydrogen (secondary N) is 2. The summed E-state index contributed by atoms with van der Waals surface area (Å²) in [5.41, 5.74) is 0.593. The zero-order valence-corrected chi connectivity index (χ0v) is 15.1. The second-order valence-electron chi connectivity index (χ2n) is 5.59. The molecule has 0 radical (unpaired) electrons. The number of nitrogens with zero attached hydrogens (tertiary/aromatic N) is 3. The largest absolute Gasteiger partial charge is 0.493 e. The van der Waals surface area contributed by atoms with E-state index in [1.54, 1.807) is 32.4 Å². The predicted octanol–water partition coefficient (Wildman–Crippen LogP) is 3.19. The van der Waals surface area contributed by atoms with Crippen molar-refractivity contribution in [2.24, 2.45) is 0 Å². The third-order valence-electron chi connectivity index (χ3n) is 3.90. The Kier molecular flexibility index (Phi) is 5.54. The number of carbonyl (C=O) groups is 1. The highest BCUT2D eigenvalue weighted by molar-refractivity contribution is 7.19. The van der Waals surface area contributed by atoms with Crippen LogP contribution in [0.3, 0.4) is 0 Å². The first kappa shape index (κ1) is 17.3. The average molecular weight is 363 g/mol. The summed E-state index contributed by atoms with van der Waals surface area (Å²) in [5, 5.41) is 15.0. The third kappa shape index (κ3) is 4.30. The quantitative estimate of drug-likeness (QED) is 0.848. The van der Waals surface area contributed by atoms with Crippen LogP contribution in [0.2, 0.25) is 0 Å². The van der Waals surface area contributed by atoms with Crippen LogP contribution in [0.4, 0.5) is 20.7 Å². The highest BCUT2D eigenvalue weighted by Crippen LogP contribution is 2.30. The summed E-state index contributed by atoms with van der Waals surface area (Å²) in [6, 6.07) is 4.78. The molecule has 25 heavy (non-hydrogen) atoms. The maximum Gasteiger partial charge on any atom is 0.325 e. The van der Waals surface area contributed by atoms with Gasteiger partial charge in [-0.15, -0.1) is 10.2 Å². The van der Waals surface area contributed by atoms with Crippen molar-refractivity contribution in [3.8, 4) is 11.5 Å². The lowest BCUT2D eigenvalue weighted by Crippen LogP contribution is -2.29. The standard InChI is InChI=1S/C16H21N5O3S/c1-23-12-7-6-11(10-13(12)24-2)17-14(22)18-15-19-20-16(25-15)21-8-4-3-5-9-21/h6-7,10H,3-5,8-9H2,1-2H3,(H2,17,18,19,22). The number of benzene rings is 1. The molecular weight excluding hydrogens is 342 g/mol. The molecule has 9 heteroatoms. The van der Waals surface area contributed by atoms with Crippen LogP contribution in [-0.2, 0) is 0 Å². The van der Waals surface area contributed by atoms with Crippen LogP contribution in [0.5, 0.6) is 11.5 Å². The maximum absolute atomic E-state index is 12.2. The molecule has 0 atom stereocenters. The Labute approximate surface area is 150 Å². The molecule has 0 saturated carbocycles. The van der Waals surface area contributed by atoms with Crippen LogP contribution < -0.4 is 25.0 Å². The smallest absolute Gasteiger partial charge is 0.325 e. The number of anilines is 3. The van der Waals surface area contributed by atoms with Gasteiger partial charge in [0.1, 0.15) is 0 Å². The van der Waals surface area contributed by atoms with Crippen LogP contribution in [0, 0.1) is 0 Å². The van der Waals surface area contributed by atoms with E-state index in [2.05, 4.69) is 25.7 Å². The van der Waals surface area contributed by atoms with E-state index in [0.717, 1.165) is 18.2 Å². The van der Waals surface area contributed by atoms with Gasteiger partial charge in [-0.25, -0.2) is 4.79 Å². The zero-order chi connectivity index (χ0) is 17.6. The number of ether oxygens (including phenoxy) is 2. The molecule has 134 valence electrons. The fourth-order valence-electron chi connectivity index (χ4n) is 2.65. The third-order valence-corrected chi connectivity index (χ3v) is 4.80. The molecule has 1 saturated heterocycles. The Balaban J connectivity index is 1.60. The lowest BCUT2D eigenvalue weighted by molar-refractivity contribution is 0.262. The minimum atomic E-state index is -0.381. The molecule has 2 amide bonds. The van der Waals surface area contributed by atoms with Gasteiger partial charge in [-0.1, -0.05) is 11.3 Å². The monoisotopic (exact) mass is 363 g/mol. The molecule has 2 aromatic rings. The van der Waals surface area contributed by atoms with Crippen LogP contribution in [-0.4, -0.2) is 43.5 Å². The summed E-state index contributed by atoms with van der Waals surface area (Å²) >= 11 is 1.38. The second kappa shape index (κ2) is 8.02. The van der Waals surface area contributed by atoms with Crippen molar-refractivity contribution in [2.75, 3.05) is 42.8 Å². The molecule has 1 aromatic carbocycles. The second-order valence-corrected chi connectivity index (χ2v) is 6.54. The summed E-state index contributed by atoms with van der Waals surface area (Å²) < 4.78 is 10.4. The van der Waals surface area contributed by atoms with E-state index in [-0.39, 0.29) is 6.03 Å². The molecule has 1 aliphatic rings. The Bertz CT molecular complexity index is 730. The summed E-state index contributed by atoms with van der Waals surface area (Å²) in [6.07, 6.45) is 3.60. The van der Waals surface area contributed by atoms with E-state index >= 15 is 0 Å². The van der Waals surface area contributed by atoms with Gasteiger partial charge < -0.3 is 19.7 Å². The fraction of sp³-hybridized carbons (Fsp3) is 0.438. The molecule has 0 unspecified atom stereocenters. The molecule has 0 spiro atoms. The first-order valence-electron chi connectivity index (χ1n) is 8.08. The SMILES string of the molecule is COc1ccc(NC(=O)Nc2nnc(N3CCCCC3)s2)cc1OC. The van der Waals surface area contributed by atoms with Gasteiger partial charge in [0.2, 0.25) is 10.3 Å². The van der Waals surface area contributed by atoms with Crippen LogP contribution in [0.1, 0.15) is 19.3 Å². The first-order chi connectivity index (χ1) is 12.2. The van der Waals surface area contributed by atoms with Gasteiger partial charge in [0.25, 0.3) is 0 Å². The molecule has 0 bridgehead atoms. The average Bonchev–Trinajstić information content (AvgIpc) is 3.10. The van der Waals surface area contributed by atoms with E-state index < -0.39 is 0 Å². The van der Waals surface area contributed by atoms with Crippen molar-refractivity contribution in [3.63, 3.8) is 0 Å². The van der Waals surface area contributed by atoms with Gasteiger partial charge in [-0.05, 0) is 31.4 Å². The van der Waals surface area contributed by atoms with Crippen LogP contribution in [0.25, 0.3) is 0 Å². The molecule has 8 nitrogen and oxygen atoms in total. The van der Waals surface area contributed by atoms with E-state index in [0.29, 0.717) is 22.3 Å². The lowest BCUT2D eigenvalue weighted by atomic mass is 10.1. The molecule has 1 fully saturated rings. The van der Waals surface area contributed by atoms with Crippen molar-refractivity contribution in [3.05, 3.63) is 18.2 Å². The van der Waals surface area contributed by atoms with Gasteiger partial charge in [0.15, 0.2) is 11.5 Å². The van der Waals surface area contributed by atoms with Gasteiger partial charge >= 0.3 is 6.03 Å². The molecule has 0 aliphatic carbocycles. The number of amides is 2. The highest BCUT2D eigenvalue weighted by Gasteiger charge is 2.16. The van der Waals surface area contributed by atoms with E-state index in [4.69, 9.17) is 9.47 Å². The molecular formula is C16H21N5O3S. The number of carbonyl (C=O) groups excluding carboxylic acids is 1. The fourth-order valence-corrected chi connectivity index (χ4v) is 3.44. The van der Waals surface area contributed by atoms with Crippen molar-refractivity contribution in [1.82, 2.24) is 10.2 Å². The summed E-state index contributed by atoms with van der Waals surface area (Å²) in [4.78, 5) is 14.4. The molecule has 3 rings (SSSR count). The van der Waals surface area contributed by atoms with Crippen molar-refractivity contribution in [2.45, 2.75) is 19.3 Å². The Hall–Kier alpha value is -2.55. The number of hydrogen-bond acceptors (Lipinski definition) is 7. The van der Waals surface area contributed by atoms with Crippen molar-refractivity contribution >= 4 is 33.3 Å². The first-order valence-corrected chi connectivity index (χ1v) is 8.89. The maximum atomic E-state index is 12.2. The van der Waals surface area contributed by atoms with Gasteiger partial charge in [0.05, 0.1) is 14.2 Å². The minimum Gasteiger partial charge on any atom is -0.493 e.